The molecule has 6 heteroatoms. The zero-order valence-electron chi connectivity index (χ0n) is 8.95. The van der Waals surface area contributed by atoms with Crippen molar-refractivity contribution in [2.45, 2.75) is 38.8 Å². The number of hydrogen-bond acceptors (Lipinski definition) is 4. The van der Waals surface area contributed by atoms with Gasteiger partial charge in [-0.25, -0.2) is 9.59 Å². The van der Waals surface area contributed by atoms with Gasteiger partial charge in [-0.05, 0) is 6.42 Å². The summed E-state index contributed by atoms with van der Waals surface area (Å²) < 4.78 is 4.66. The summed E-state index contributed by atoms with van der Waals surface area (Å²) in [6.45, 7) is 3.59. The van der Waals surface area contributed by atoms with E-state index in [2.05, 4.69) is 4.74 Å². The summed E-state index contributed by atoms with van der Waals surface area (Å²) in [6, 6.07) is 0. The highest BCUT2D eigenvalue weighted by Gasteiger charge is 2.36. The molecular formula is C9H17NO5. The molecule has 0 fully saturated rings. The first kappa shape index (κ1) is 13.7. The number of hydrogen-bond donors (Lipinski definition) is 3. The number of nitrogens with one attached hydrogen (secondary N) is 1. The van der Waals surface area contributed by atoms with Gasteiger partial charge in [0.1, 0.15) is 0 Å². The number of rotatable bonds is 6. The topological polar surface area (TPSA) is 95.9 Å². The minimum absolute atomic E-state index is 0.134. The molecule has 0 aliphatic heterocycles. The molecule has 88 valence electrons. The molecular weight excluding hydrogens is 202 g/mol. The summed E-state index contributed by atoms with van der Waals surface area (Å²) in [5, 5.41) is 19.9. The monoisotopic (exact) mass is 219 g/mol. The molecule has 0 rings (SSSR count). The lowest BCUT2D eigenvalue weighted by Crippen LogP contribution is -2.54. The Morgan fingerprint density at radius 3 is 2.40 bits per heavy atom. The van der Waals surface area contributed by atoms with Crippen LogP contribution in [0.4, 0.5) is 4.79 Å². The van der Waals surface area contributed by atoms with Gasteiger partial charge in [-0.3, -0.25) is 5.32 Å². The third-order valence-corrected chi connectivity index (χ3v) is 1.91. The predicted molar refractivity (Wildman–Crippen MR) is 52.3 cm³/mol. The van der Waals surface area contributed by atoms with Gasteiger partial charge in [0.25, 0.3) is 0 Å². The van der Waals surface area contributed by atoms with Crippen molar-refractivity contribution in [3.05, 3.63) is 0 Å². The van der Waals surface area contributed by atoms with Crippen LogP contribution >= 0.6 is 0 Å². The Bertz CT molecular complexity index is 231. The fourth-order valence-electron chi connectivity index (χ4n) is 0.807. The van der Waals surface area contributed by atoms with Crippen LogP contribution in [0.25, 0.3) is 0 Å². The SMILES string of the molecule is CCCCOC(=O)NC(O)(CC)C(=O)O. The molecule has 0 bridgehead atoms. The number of aliphatic carboxylic acids is 1. The highest BCUT2D eigenvalue weighted by atomic mass is 16.6. The molecule has 3 N–H and O–H groups in total. The smallest absolute Gasteiger partial charge is 0.409 e. The Hall–Kier alpha value is -1.30. The molecule has 0 saturated carbocycles. The van der Waals surface area contributed by atoms with Crippen LogP contribution in [0, 0.1) is 0 Å². The average molecular weight is 219 g/mol. The van der Waals surface area contributed by atoms with Crippen molar-refractivity contribution in [3.8, 4) is 0 Å². The zero-order chi connectivity index (χ0) is 11.9. The second kappa shape index (κ2) is 6.23. The highest BCUT2D eigenvalue weighted by molar-refractivity contribution is 5.82. The second-order valence-electron chi connectivity index (χ2n) is 3.13. The minimum atomic E-state index is -2.25. The van der Waals surface area contributed by atoms with Crippen LogP contribution in [0.3, 0.4) is 0 Å². The largest absolute Gasteiger partial charge is 0.478 e. The number of aliphatic hydroxyl groups is 1. The van der Waals surface area contributed by atoms with Crippen molar-refractivity contribution in [2.75, 3.05) is 6.61 Å². The van der Waals surface area contributed by atoms with Gasteiger partial charge >= 0.3 is 12.1 Å². The van der Waals surface area contributed by atoms with E-state index in [4.69, 9.17) is 5.11 Å². The van der Waals surface area contributed by atoms with E-state index < -0.39 is 17.8 Å². The number of carboxylic acids is 1. The lowest BCUT2D eigenvalue weighted by Gasteiger charge is -2.22. The van der Waals surface area contributed by atoms with Crippen molar-refractivity contribution >= 4 is 12.1 Å². The summed E-state index contributed by atoms with van der Waals surface area (Å²) in [6.07, 6.45) is 0.510. The van der Waals surface area contributed by atoms with E-state index in [0.717, 1.165) is 6.42 Å². The van der Waals surface area contributed by atoms with Crippen LogP contribution in [-0.4, -0.2) is 34.6 Å². The van der Waals surface area contributed by atoms with Gasteiger partial charge in [0.15, 0.2) is 0 Å². The lowest BCUT2D eigenvalue weighted by molar-refractivity contribution is -0.161. The van der Waals surface area contributed by atoms with Crippen LogP contribution in [0.5, 0.6) is 0 Å². The van der Waals surface area contributed by atoms with Gasteiger partial charge in [0.2, 0.25) is 5.72 Å². The molecule has 6 nitrogen and oxygen atoms in total. The van der Waals surface area contributed by atoms with Crippen molar-refractivity contribution in [1.82, 2.24) is 5.32 Å². The molecule has 1 atom stereocenters. The molecule has 0 aliphatic rings. The Kier molecular flexibility index (Phi) is 5.69. The molecule has 0 aromatic rings. The van der Waals surface area contributed by atoms with Gasteiger partial charge in [-0.1, -0.05) is 20.3 Å². The first-order chi connectivity index (χ1) is 6.96. The number of carboxylic acid groups (broad SMARTS) is 1. The minimum Gasteiger partial charge on any atom is -0.478 e. The molecule has 1 unspecified atom stereocenters. The van der Waals surface area contributed by atoms with Crippen molar-refractivity contribution < 1.29 is 24.5 Å². The fourth-order valence-corrected chi connectivity index (χ4v) is 0.807. The molecule has 1 amide bonds. The van der Waals surface area contributed by atoms with E-state index in [0.29, 0.717) is 6.42 Å². The van der Waals surface area contributed by atoms with E-state index in [1.54, 1.807) is 0 Å². The first-order valence-corrected chi connectivity index (χ1v) is 4.87. The standard InChI is InChI=1S/C9H17NO5/c1-3-5-6-15-8(13)10-9(14,4-2)7(11)12/h14H,3-6H2,1-2H3,(H,10,13)(H,11,12). The van der Waals surface area contributed by atoms with Crippen molar-refractivity contribution in [2.24, 2.45) is 0 Å². The number of carbonyl (C=O) groups is 2. The van der Waals surface area contributed by atoms with Crippen LogP contribution in [0.2, 0.25) is 0 Å². The van der Waals surface area contributed by atoms with E-state index >= 15 is 0 Å². The number of unbranched alkanes of at least 4 members (excludes halogenated alkanes) is 1. The molecule has 0 saturated heterocycles. The number of alkyl carbamates (subject to hydrolysis) is 1. The quantitative estimate of drug-likeness (QED) is 0.451. The first-order valence-electron chi connectivity index (χ1n) is 4.87. The Labute approximate surface area is 88.2 Å². The van der Waals surface area contributed by atoms with Crippen LogP contribution < -0.4 is 5.32 Å². The Balaban J connectivity index is 4.08. The third kappa shape index (κ3) is 4.64. The summed E-state index contributed by atoms with van der Waals surface area (Å²) in [4.78, 5) is 21.6. The summed E-state index contributed by atoms with van der Waals surface area (Å²) in [5.74, 6) is -1.50. The van der Waals surface area contributed by atoms with Crippen molar-refractivity contribution in [3.63, 3.8) is 0 Å². The Morgan fingerprint density at radius 1 is 1.40 bits per heavy atom. The van der Waals surface area contributed by atoms with Gasteiger partial charge in [0, 0.05) is 6.42 Å². The molecule has 0 spiro atoms. The van der Waals surface area contributed by atoms with Gasteiger partial charge < -0.3 is 14.9 Å². The van der Waals surface area contributed by atoms with Crippen LogP contribution in [0.15, 0.2) is 0 Å². The normalized spacial score (nSPS) is 14.1. The highest BCUT2D eigenvalue weighted by Crippen LogP contribution is 2.06. The summed E-state index contributed by atoms with van der Waals surface area (Å²) >= 11 is 0. The fraction of sp³-hybridized carbons (Fsp3) is 0.778. The molecule has 15 heavy (non-hydrogen) atoms. The van der Waals surface area contributed by atoms with E-state index in [-0.39, 0.29) is 13.0 Å². The third-order valence-electron chi connectivity index (χ3n) is 1.91. The summed E-state index contributed by atoms with van der Waals surface area (Å²) in [5.41, 5.74) is -2.25. The molecule has 0 aromatic carbocycles. The number of carbonyl (C=O) groups excluding carboxylic acids is 1. The summed E-state index contributed by atoms with van der Waals surface area (Å²) in [7, 11) is 0. The van der Waals surface area contributed by atoms with E-state index in [1.165, 1.54) is 6.92 Å². The average Bonchev–Trinajstić information content (AvgIpc) is 2.17. The maximum Gasteiger partial charge on any atom is 0.409 e. The zero-order valence-corrected chi connectivity index (χ0v) is 8.95. The van der Waals surface area contributed by atoms with Crippen LogP contribution in [0.1, 0.15) is 33.1 Å². The van der Waals surface area contributed by atoms with Gasteiger partial charge in [-0.15, -0.1) is 0 Å². The van der Waals surface area contributed by atoms with Crippen molar-refractivity contribution in [1.29, 1.82) is 0 Å². The lowest BCUT2D eigenvalue weighted by atomic mass is 10.2. The van der Waals surface area contributed by atoms with E-state index in [9.17, 15) is 14.7 Å². The molecule has 0 aliphatic carbocycles. The van der Waals surface area contributed by atoms with Gasteiger partial charge in [-0.2, -0.15) is 0 Å². The molecule has 0 radical (unpaired) electrons. The molecule has 0 aromatic heterocycles. The molecule has 0 heterocycles. The predicted octanol–water partition coefficient (Wildman–Crippen LogP) is 0.696. The van der Waals surface area contributed by atoms with E-state index in [1.807, 2.05) is 12.2 Å². The maximum absolute atomic E-state index is 11.0. The maximum atomic E-state index is 11.0. The van der Waals surface area contributed by atoms with Crippen LogP contribution in [-0.2, 0) is 9.53 Å². The second-order valence-corrected chi connectivity index (χ2v) is 3.13. The number of amides is 1. The Morgan fingerprint density at radius 2 is 2.00 bits per heavy atom. The van der Waals surface area contributed by atoms with Gasteiger partial charge in [0.05, 0.1) is 6.61 Å². The number of ether oxygens (including phenoxy) is 1.